The molecule has 0 aromatic heterocycles. The van der Waals surface area contributed by atoms with E-state index in [1.807, 2.05) is 0 Å². The third-order valence-corrected chi connectivity index (χ3v) is 6.72. The lowest BCUT2D eigenvalue weighted by Gasteiger charge is -2.41. The molecule has 148 valence electrons. The lowest BCUT2D eigenvalue weighted by molar-refractivity contribution is -0.121. The van der Waals surface area contributed by atoms with Crippen LogP contribution >= 0.6 is 0 Å². The summed E-state index contributed by atoms with van der Waals surface area (Å²) in [6, 6.07) is 8.79. The van der Waals surface area contributed by atoms with Crippen molar-refractivity contribution in [2.24, 2.45) is 23.7 Å². The number of hydrogen-bond donors (Lipinski definition) is 0. The number of halogens is 2. The standard InChI is InChI=1S/C25H34F2/c1-3-5-20-6-8-21(9-7-20)10-11-22-12-15-23(16-13-22)24-17-14-19(4-2)18-25(24,26)27/h4,6-11,19,22-24H,2-3,5,12-18H2,1H3/b11-10+. The summed E-state index contributed by atoms with van der Waals surface area (Å²) in [6.07, 6.45) is 14.1. The molecular formula is C25H34F2. The number of benzene rings is 1. The van der Waals surface area contributed by atoms with Crippen LogP contribution in [0.5, 0.6) is 0 Å². The minimum atomic E-state index is -2.51. The molecule has 1 aromatic carbocycles. The van der Waals surface area contributed by atoms with Crippen molar-refractivity contribution < 1.29 is 8.78 Å². The van der Waals surface area contributed by atoms with Crippen molar-refractivity contribution >= 4 is 6.08 Å². The highest BCUT2D eigenvalue weighted by Gasteiger charge is 2.48. The monoisotopic (exact) mass is 372 g/mol. The third-order valence-electron chi connectivity index (χ3n) is 6.72. The summed E-state index contributed by atoms with van der Waals surface area (Å²) in [4.78, 5) is 0. The molecule has 0 nitrogen and oxygen atoms in total. The van der Waals surface area contributed by atoms with Crippen molar-refractivity contribution in [3.63, 3.8) is 0 Å². The van der Waals surface area contributed by atoms with Crippen molar-refractivity contribution in [1.82, 2.24) is 0 Å². The van der Waals surface area contributed by atoms with Crippen LogP contribution in [0.4, 0.5) is 8.78 Å². The SMILES string of the molecule is C=CC1CCC(C2CCC(/C=C/c3ccc(CCC)cc3)CC2)C(F)(F)C1. The predicted octanol–water partition coefficient (Wildman–Crippen LogP) is 7.70. The van der Waals surface area contributed by atoms with E-state index >= 15 is 0 Å². The Morgan fingerprint density at radius 1 is 1.00 bits per heavy atom. The smallest absolute Gasteiger partial charge is 0.207 e. The highest BCUT2D eigenvalue weighted by molar-refractivity contribution is 5.50. The predicted molar refractivity (Wildman–Crippen MR) is 111 cm³/mol. The lowest BCUT2D eigenvalue weighted by atomic mass is 9.67. The lowest BCUT2D eigenvalue weighted by Crippen LogP contribution is -2.40. The summed E-state index contributed by atoms with van der Waals surface area (Å²) >= 11 is 0. The molecule has 2 aliphatic rings. The molecular weight excluding hydrogens is 338 g/mol. The zero-order valence-corrected chi connectivity index (χ0v) is 16.7. The number of hydrogen-bond acceptors (Lipinski definition) is 0. The normalized spacial score (nSPS) is 31.1. The summed E-state index contributed by atoms with van der Waals surface area (Å²) in [5.41, 5.74) is 2.63. The summed E-state index contributed by atoms with van der Waals surface area (Å²) < 4.78 is 29.2. The van der Waals surface area contributed by atoms with Gasteiger partial charge in [0.2, 0.25) is 0 Å². The molecule has 2 heteroatoms. The molecule has 0 radical (unpaired) electrons. The van der Waals surface area contributed by atoms with Gasteiger partial charge in [-0.05, 0) is 73.8 Å². The number of aryl methyl sites for hydroxylation is 1. The van der Waals surface area contributed by atoms with Gasteiger partial charge in [0, 0.05) is 12.3 Å². The molecule has 1 aromatic rings. The minimum Gasteiger partial charge on any atom is -0.207 e. The van der Waals surface area contributed by atoms with E-state index < -0.39 is 11.8 Å². The second-order valence-corrected chi connectivity index (χ2v) is 8.67. The van der Waals surface area contributed by atoms with Gasteiger partial charge in [0.1, 0.15) is 0 Å². The van der Waals surface area contributed by atoms with Gasteiger partial charge in [-0.2, -0.15) is 0 Å². The highest BCUT2D eigenvalue weighted by atomic mass is 19.3. The van der Waals surface area contributed by atoms with Gasteiger partial charge in [-0.25, -0.2) is 8.78 Å². The maximum atomic E-state index is 14.6. The maximum absolute atomic E-state index is 14.6. The summed E-state index contributed by atoms with van der Waals surface area (Å²) in [5.74, 6) is -2.19. The van der Waals surface area contributed by atoms with Gasteiger partial charge in [-0.3, -0.25) is 0 Å². The Labute approximate surface area is 163 Å². The van der Waals surface area contributed by atoms with E-state index in [9.17, 15) is 8.78 Å². The fourth-order valence-electron chi connectivity index (χ4n) is 5.06. The topological polar surface area (TPSA) is 0 Å². The second-order valence-electron chi connectivity index (χ2n) is 8.67. The van der Waals surface area contributed by atoms with Crippen molar-refractivity contribution in [3.05, 3.63) is 54.1 Å². The summed E-state index contributed by atoms with van der Waals surface area (Å²) in [7, 11) is 0. The van der Waals surface area contributed by atoms with Crippen LogP contribution in [0.3, 0.4) is 0 Å². The molecule has 3 rings (SSSR count). The molecule has 0 heterocycles. The molecule has 0 saturated heterocycles. The van der Waals surface area contributed by atoms with E-state index in [0.29, 0.717) is 12.3 Å². The fraction of sp³-hybridized carbons (Fsp3) is 0.600. The van der Waals surface area contributed by atoms with Gasteiger partial charge in [0.15, 0.2) is 0 Å². The van der Waals surface area contributed by atoms with Gasteiger partial charge in [-0.1, -0.05) is 55.8 Å². The molecule has 0 spiro atoms. The number of alkyl halides is 2. The molecule has 0 bridgehead atoms. The van der Waals surface area contributed by atoms with Gasteiger partial charge in [0.25, 0.3) is 5.92 Å². The van der Waals surface area contributed by atoms with Crippen LogP contribution in [-0.4, -0.2) is 5.92 Å². The second kappa shape index (κ2) is 9.17. The Kier molecular flexibility index (Phi) is 6.89. The summed E-state index contributed by atoms with van der Waals surface area (Å²) in [5, 5.41) is 0. The van der Waals surface area contributed by atoms with Crippen molar-refractivity contribution in [2.75, 3.05) is 0 Å². The van der Waals surface area contributed by atoms with Crippen LogP contribution in [0.1, 0.15) is 69.4 Å². The Bertz CT molecular complexity index is 620. The first-order valence-electron chi connectivity index (χ1n) is 10.8. The first-order chi connectivity index (χ1) is 13.0. The van der Waals surface area contributed by atoms with Crippen LogP contribution in [0.25, 0.3) is 6.08 Å². The van der Waals surface area contributed by atoms with E-state index in [4.69, 9.17) is 0 Å². The van der Waals surface area contributed by atoms with E-state index in [2.05, 4.69) is 49.9 Å². The van der Waals surface area contributed by atoms with Gasteiger partial charge >= 0.3 is 0 Å². The van der Waals surface area contributed by atoms with Gasteiger partial charge < -0.3 is 0 Å². The van der Waals surface area contributed by atoms with Crippen molar-refractivity contribution in [1.29, 1.82) is 0 Å². The van der Waals surface area contributed by atoms with E-state index in [-0.39, 0.29) is 18.3 Å². The van der Waals surface area contributed by atoms with Crippen molar-refractivity contribution in [2.45, 2.75) is 70.6 Å². The first kappa shape index (κ1) is 20.3. The molecule has 0 aliphatic heterocycles. The maximum Gasteiger partial charge on any atom is 0.251 e. The molecule has 27 heavy (non-hydrogen) atoms. The Balaban J connectivity index is 1.50. The van der Waals surface area contributed by atoms with E-state index in [1.54, 1.807) is 6.08 Å². The van der Waals surface area contributed by atoms with Crippen LogP contribution in [0.2, 0.25) is 0 Å². The number of rotatable bonds is 6. The molecule has 0 amide bonds. The van der Waals surface area contributed by atoms with E-state index in [1.165, 1.54) is 17.5 Å². The average molecular weight is 373 g/mol. The molecule has 2 aliphatic carbocycles. The van der Waals surface area contributed by atoms with Crippen LogP contribution in [-0.2, 0) is 6.42 Å². The van der Waals surface area contributed by atoms with Gasteiger partial charge in [-0.15, -0.1) is 6.58 Å². The Morgan fingerprint density at radius 2 is 1.67 bits per heavy atom. The Morgan fingerprint density at radius 3 is 2.26 bits per heavy atom. The van der Waals surface area contributed by atoms with Gasteiger partial charge in [0.05, 0.1) is 0 Å². The Hall–Kier alpha value is -1.44. The van der Waals surface area contributed by atoms with Crippen molar-refractivity contribution in [3.8, 4) is 0 Å². The fourth-order valence-corrected chi connectivity index (χ4v) is 5.06. The average Bonchev–Trinajstić information content (AvgIpc) is 2.67. The van der Waals surface area contributed by atoms with Crippen LogP contribution in [0.15, 0.2) is 43.0 Å². The highest BCUT2D eigenvalue weighted by Crippen LogP contribution is 2.49. The zero-order chi connectivity index (χ0) is 19.3. The van der Waals surface area contributed by atoms with Crippen LogP contribution < -0.4 is 0 Å². The van der Waals surface area contributed by atoms with Crippen LogP contribution in [0, 0.1) is 23.7 Å². The molecule has 2 unspecified atom stereocenters. The van der Waals surface area contributed by atoms with E-state index in [0.717, 1.165) is 38.5 Å². The number of allylic oxidation sites excluding steroid dienone is 2. The quantitative estimate of drug-likeness (QED) is 0.449. The first-order valence-corrected chi connectivity index (χ1v) is 10.8. The molecule has 2 saturated carbocycles. The molecule has 2 fully saturated rings. The summed E-state index contributed by atoms with van der Waals surface area (Å²) in [6.45, 7) is 5.92. The zero-order valence-electron chi connectivity index (χ0n) is 16.7. The molecule has 2 atom stereocenters. The third kappa shape index (κ3) is 5.30. The molecule has 0 N–H and O–H groups in total. The largest absolute Gasteiger partial charge is 0.251 e. The minimum absolute atomic E-state index is 0.000706.